The summed E-state index contributed by atoms with van der Waals surface area (Å²) in [5.74, 6) is -0.952. The fraction of sp³-hybridized carbons (Fsp3) is 0.385. The molecule has 19 heavy (non-hydrogen) atoms. The maximum atomic E-state index is 11.9. The molecule has 0 bridgehead atoms. The third-order valence-corrected chi connectivity index (χ3v) is 2.78. The molecule has 1 unspecified atom stereocenters. The number of amides is 1. The second kappa shape index (κ2) is 6.99. The van der Waals surface area contributed by atoms with Gasteiger partial charge in [-0.2, -0.15) is 0 Å². The molecule has 1 rings (SSSR count). The van der Waals surface area contributed by atoms with Gasteiger partial charge in [0.25, 0.3) is 5.91 Å². The van der Waals surface area contributed by atoms with Crippen LogP contribution in [0.15, 0.2) is 18.2 Å². The number of halogens is 1. The summed E-state index contributed by atoms with van der Waals surface area (Å²) >= 11 is 5.81. The first-order chi connectivity index (χ1) is 8.93. The van der Waals surface area contributed by atoms with Crippen LogP contribution in [0.1, 0.15) is 23.7 Å². The molecule has 0 aliphatic carbocycles. The second-order valence-electron chi connectivity index (χ2n) is 4.26. The van der Waals surface area contributed by atoms with E-state index in [4.69, 9.17) is 21.4 Å². The van der Waals surface area contributed by atoms with Gasteiger partial charge in [0.15, 0.2) is 0 Å². The maximum Gasteiger partial charge on any atom is 0.303 e. The lowest BCUT2D eigenvalue weighted by Gasteiger charge is -2.12. The number of benzene rings is 1. The van der Waals surface area contributed by atoms with Crippen molar-refractivity contribution in [2.45, 2.75) is 13.3 Å². The Labute approximate surface area is 116 Å². The van der Waals surface area contributed by atoms with Gasteiger partial charge in [0.1, 0.15) is 5.75 Å². The van der Waals surface area contributed by atoms with E-state index in [9.17, 15) is 9.59 Å². The molecule has 1 amide bonds. The average molecular weight is 286 g/mol. The van der Waals surface area contributed by atoms with Crippen molar-refractivity contribution >= 4 is 23.5 Å². The highest BCUT2D eigenvalue weighted by Crippen LogP contribution is 2.22. The second-order valence-corrected chi connectivity index (χ2v) is 4.69. The van der Waals surface area contributed by atoms with Gasteiger partial charge in [-0.1, -0.05) is 18.5 Å². The summed E-state index contributed by atoms with van der Waals surface area (Å²) in [5, 5.41) is 11.8. The molecule has 0 heterocycles. The number of carboxylic acids is 1. The molecule has 6 heteroatoms. The molecule has 1 atom stereocenters. The lowest BCUT2D eigenvalue weighted by Crippen LogP contribution is -2.29. The Bertz CT molecular complexity index is 476. The van der Waals surface area contributed by atoms with Crippen molar-refractivity contribution in [3.05, 3.63) is 28.8 Å². The predicted molar refractivity (Wildman–Crippen MR) is 71.8 cm³/mol. The van der Waals surface area contributed by atoms with Crippen molar-refractivity contribution in [2.24, 2.45) is 5.92 Å². The minimum atomic E-state index is -0.883. The minimum absolute atomic E-state index is 0.0119. The third-order valence-electron chi connectivity index (χ3n) is 2.54. The van der Waals surface area contributed by atoms with E-state index in [0.29, 0.717) is 16.3 Å². The largest absolute Gasteiger partial charge is 0.496 e. The summed E-state index contributed by atoms with van der Waals surface area (Å²) in [6.07, 6.45) is 0.0119. The van der Waals surface area contributed by atoms with Crippen LogP contribution in [0.4, 0.5) is 0 Å². The van der Waals surface area contributed by atoms with Crippen molar-refractivity contribution in [3.63, 3.8) is 0 Å². The normalized spacial score (nSPS) is 11.7. The SMILES string of the molecule is COc1cc(Cl)ccc1C(=O)NCC(C)CC(=O)O. The highest BCUT2D eigenvalue weighted by molar-refractivity contribution is 6.30. The van der Waals surface area contributed by atoms with Crippen LogP contribution in [0, 0.1) is 5.92 Å². The predicted octanol–water partition coefficient (Wildman–Crippen LogP) is 2.19. The Morgan fingerprint density at radius 2 is 2.16 bits per heavy atom. The fourth-order valence-corrected chi connectivity index (χ4v) is 1.75. The molecule has 0 saturated carbocycles. The molecule has 2 N–H and O–H groups in total. The van der Waals surface area contributed by atoms with E-state index in [1.54, 1.807) is 25.1 Å². The van der Waals surface area contributed by atoms with Gasteiger partial charge < -0.3 is 15.2 Å². The van der Waals surface area contributed by atoms with E-state index >= 15 is 0 Å². The van der Waals surface area contributed by atoms with Gasteiger partial charge in [0, 0.05) is 18.0 Å². The zero-order valence-corrected chi connectivity index (χ0v) is 11.5. The van der Waals surface area contributed by atoms with Gasteiger partial charge in [0.2, 0.25) is 0 Å². The molecule has 0 radical (unpaired) electrons. The topological polar surface area (TPSA) is 75.6 Å². The molecule has 1 aromatic carbocycles. The van der Waals surface area contributed by atoms with Gasteiger partial charge in [0.05, 0.1) is 12.7 Å². The van der Waals surface area contributed by atoms with Crippen molar-refractivity contribution in [1.29, 1.82) is 0 Å². The first-order valence-electron chi connectivity index (χ1n) is 5.77. The minimum Gasteiger partial charge on any atom is -0.496 e. The Hall–Kier alpha value is -1.75. The number of hydrogen-bond donors (Lipinski definition) is 2. The zero-order chi connectivity index (χ0) is 14.4. The van der Waals surface area contributed by atoms with Gasteiger partial charge in [-0.05, 0) is 24.1 Å². The van der Waals surface area contributed by atoms with E-state index in [2.05, 4.69) is 5.32 Å². The number of carbonyl (C=O) groups excluding carboxylic acids is 1. The average Bonchev–Trinajstić information content (AvgIpc) is 2.34. The molecule has 0 spiro atoms. The molecule has 0 saturated heterocycles. The highest BCUT2D eigenvalue weighted by Gasteiger charge is 2.14. The molecule has 5 nitrogen and oxygen atoms in total. The Morgan fingerprint density at radius 1 is 1.47 bits per heavy atom. The molecular formula is C13H16ClNO4. The molecule has 1 aromatic rings. The number of rotatable bonds is 6. The van der Waals surface area contributed by atoms with Gasteiger partial charge in [-0.15, -0.1) is 0 Å². The van der Waals surface area contributed by atoms with E-state index in [1.165, 1.54) is 7.11 Å². The summed E-state index contributed by atoms with van der Waals surface area (Å²) < 4.78 is 5.08. The quantitative estimate of drug-likeness (QED) is 0.840. The Balaban J connectivity index is 2.66. The Morgan fingerprint density at radius 3 is 2.74 bits per heavy atom. The van der Waals surface area contributed by atoms with Crippen molar-refractivity contribution in [3.8, 4) is 5.75 Å². The van der Waals surface area contributed by atoms with Gasteiger partial charge in [-0.3, -0.25) is 9.59 Å². The highest BCUT2D eigenvalue weighted by atomic mass is 35.5. The smallest absolute Gasteiger partial charge is 0.303 e. The van der Waals surface area contributed by atoms with Crippen LogP contribution in [0.2, 0.25) is 5.02 Å². The molecular weight excluding hydrogens is 270 g/mol. The molecule has 0 aliphatic heterocycles. The molecule has 104 valence electrons. The molecule has 0 aromatic heterocycles. The summed E-state index contributed by atoms with van der Waals surface area (Å²) in [5.41, 5.74) is 0.370. The van der Waals surface area contributed by atoms with Crippen molar-refractivity contribution < 1.29 is 19.4 Å². The number of methoxy groups -OCH3 is 1. The first kappa shape index (κ1) is 15.3. The number of nitrogens with one attached hydrogen (secondary N) is 1. The van der Waals surface area contributed by atoms with E-state index in [-0.39, 0.29) is 24.8 Å². The Kier molecular flexibility index (Phi) is 5.63. The van der Waals surface area contributed by atoms with Gasteiger partial charge in [-0.25, -0.2) is 0 Å². The molecule has 0 aliphatic rings. The summed E-state index contributed by atoms with van der Waals surface area (Å²) in [4.78, 5) is 22.5. The summed E-state index contributed by atoms with van der Waals surface area (Å²) in [7, 11) is 1.45. The number of ether oxygens (including phenoxy) is 1. The maximum absolute atomic E-state index is 11.9. The van der Waals surface area contributed by atoms with Crippen molar-refractivity contribution in [2.75, 3.05) is 13.7 Å². The van der Waals surface area contributed by atoms with Crippen LogP contribution in [0.5, 0.6) is 5.75 Å². The van der Waals surface area contributed by atoms with Crippen LogP contribution >= 0.6 is 11.6 Å². The number of hydrogen-bond acceptors (Lipinski definition) is 3. The lowest BCUT2D eigenvalue weighted by atomic mass is 10.1. The fourth-order valence-electron chi connectivity index (χ4n) is 1.59. The third kappa shape index (κ3) is 4.79. The molecule has 0 fully saturated rings. The standard InChI is InChI=1S/C13H16ClNO4/c1-8(5-12(16)17)7-15-13(18)10-4-3-9(14)6-11(10)19-2/h3-4,6,8H,5,7H2,1-2H3,(H,15,18)(H,16,17). The van der Waals surface area contributed by atoms with Crippen LogP contribution < -0.4 is 10.1 Å². The summed E-state index contributed by atoms with van der Waals surface area (Å²) in [6, 6.07) is 4.72. The van der Waals surface area contributed by atoms with Crippen molar-refractivity contribution in [1.82, 2.24) is 5.32 Å². The monoisotopic (exact) mass is 285 g/mol. The van der Waals surface area contributed by atoms with Crippen LogP contribution in [-0.4, -0.2) is 30.6 Å². The van der Waals surface area contributed by atoms with E-state index in [1.807, 2.05) is 0 Å². The van der Waals surface area contributed by atoms with E-state index < -0.39 is 5.97 Å². The summed E-state index contributed by atoms with van der Waals surface area (Å²) in [6.45, 7) is 2.05. The lowest BCUT2D eigenvalue weighted by molar-refractivity contribution is -0.137. The zero-order valence-electron chi connectivity index (χ0n) is 10.8. The number of aliphatic carboxylic acids is 1. The first-order valence-corrected chi connectivity index (χ1v) is 6.15. The van der Waals surface area contributed by atoms with Crippen LogP contribution in [0.3, 0.4) is 0 Å². The number of carbonyl (C=O) groups is 2. The van der Waals surface area contributed by atoms with Crippen LogP contribution in [0.25, 0.3) is 0 Å². The van der Waals surface area contributed by atoms with Gasteiger partial charge >= 0.3 is 5.97 Å². The van der Waals surface area contributed by atoms with E-state index in [0.717, 1.165) is 0 Å². The number of carboxylic acid groups (broad SMARTS) is 1. The van der Waals surface area contributed by atoms with Crippen LogP contribution in [-0.2, 0) is 4.79 Å².